The van der Waals surface area contributed by atoms with Gasteiger partial charge in [-0.3, -0.25) is 4.79 Å². The number of ether oxygens (including phenoxy) is 2. The van der Waals surface area contributed by atoms with Gasteiger partial charge in [0.25, 0.3) is 0 Å². The van der Waals surface area contributed by atoms with Crippen molar-refractivity contribution in [2.45, 2.75) is 0 Å². The van der Waals surface area contributed by atoms with E-state index >= 15 is 0 Å². The molecule has 4 rings (SSSR count). The third kappa shape index (κ3) is 7.00. The van der Waals surface area contributed by atoms with Crippen molar-refractivity contribution in [2.24, 2.45) is 0 Å². The topological polar surface area (TPSA) is 90.4 Å². The average molecular weight is 572 g/mol. The second-order valence-electron chi connectivity index (χ2n) is 9.74. The van der Waals surface area contributed by atoms with Crippen LogP contribution in [0.3, 0.4) is 0 Å². The van der Waals surface area contributed by atoms with Gasteiger partial charge >= 0.3 is 0 Å². The standard InChI is InChI=1S/C29H35ClFN5O4/c1-34(2)10-11-36(19-37)26-5-4-20(14-25(26)30)23-16-22(31)17-24(28(23)38)21-15-27(35-8-6-32-7-9-35)29(33-18-21)40-13-12-39-3/h4-5,14-19,32,38H,6-13H2,1-3H3. The molecular weight excluding hydrogens is 537 g/mol. The van der Waals surface area contributed by atoms with Crippen LogP contribution in [0.4, 0.5) is 15.8 Å². The molecule has 214 valence electrons. The number of amides is 1. The van der Waals surface area contributed by atoms with Gasteiger partial charge in [0.05, 0.1) is 17.3 Å². The van der Waals surface area contributed by atoms with Crippen molar-refractivity contribution in [3.8, 4) is 33.9 Å². The summed E-state index contributed by atoms with van der Waals surface area (Å²) >= 11 is 6.56. The first-order valence-corrected chi connectivity index (χ1v) is 13.5. The molecule has 1 aliphatic rings. The number of nitrogens with one attached hydrogen (secondary N) is 1. The third-order valence-corrected chi connectivity index (χ3v) is 6.99. The Morgan fingerprint density at radius 2 is 1.82 bits per heavy atom. The predicted molar refractivity (Wildman–Crippen MR) is 156 cm³/mol. The van der Waals surface area contributed by atoms with Gasteiger partial charge in [0, 0.05) is 69.3 Å². The van der Waals surface area contributed by atoms with Crippen LogP contribution in [0.15, 0.2) is 42.6 Å². The summed E-state index contributed by atoms with van der Waals surface area (Å²) in [5.41, 5.74) is 2.93. The van der Waals surface area contributed by atoms with Gasteiger partial charge in [-0.2, -0.15) is 0 Å². The fourth-order valence-corrected chi connectivity index (χ4v) is 4.83. The number of anilines is 2. The van der Waals surface area contributed by atoms with Gasteiger partial charge in [-0.25, -0.2) is 9.37 Å². The van der Waals surface area contributed by atoms with Gasteiger partial charge in [0.1, 0.15) is 23.9 Å². The molecule has 0 aliphatic carbocycles. The lowest BCUT2D eigenvalue weighted by Crippen LogP contribution is -2.43. The number of methoxy groups -OCH3 is 1. The highest BCUT2D eigenvalue weighted by Gasteiger charge is 2.21. The van der Waals surface area contributed by atoms with Crippen molar-refractivity contribution in [1.29, 1.82) is 0 Å². The number of rotatable bonds is 12. The van der Waals surface area contributed by atoms with Crippen molar-refractivity contribution in [2.75, 3.05) is 83.5 Å². The molecule has 3 aromatic rings. The van der Waals surface area contributed by atoms with Crippen molar-refractivity contribution in [3.63, 3.8) is 0 Å². The molecule has 1 aliphatic heterocycles. The number of phenolic OH excluding ortho intramolecular Hbond substituents is 1. The summed E-state index contributed by atoms with van der Waals surface area (Å²) in [7, 11) is 5.44. The van der Waals surface area contributed by atoms with E-state index in [1.165, 1.54) is 17.0 Å². The molecule has 1 saturated heterocycles. The van der Waals surface area contributed by atoms with Gasteiger partial charge in [0.15, 0.2) is 0 Å². The van der Waals surface area contributed by atoms with Gasteiger partial charge in [-0.1, -0.05) is 17.7 Å². The number of aromatic nitrogens is 1. The molecule has 0 unspecified atom stereocenters. The number of pyridine rings is 1. The van der Waals surface area contributed by atoms with E-state index in [9.17, 15) is 14.3 Å². The summed E-state index contributed by atoms with van der Waals surface area (Å²) in [6.45, 7) is 5.00. The number of aromatic hydroxyl groups is 1. The van der Waals surface area contributed by atoms with Crippen LogP contribution in [0.2, 0.25) is 5.02 Å². The van der Waals surface area contributed by atoms with Crippen LogP contribution in [-0.2, 0) is 9.53 Å². The van der Waals surface area contributed by atoms with E-state index in [1.807, 2.05) is 25.1 Å². The Balaban J connectivity index is 1.71. The van der Waals surface area contributed by atoms with Crippen molar-refractivity contribution >= 4 is 29.4 Å². The molecule has 0 saturated carbocycles. The van der Waals surface area contributed by atoms with E-state index in [0.717, 1.165) is 38.3 Å². The fraction of sp³-hybridized carbons (Fsp3) is 0.379. The van der Waals surface area contributed by atoms with Gasteiger partial charge in [-0.15, -0.1) is 0 Å². The van der Waals surface area contributed by atoms with E-state index < -0.39 is 5.82 Å². The zero-order chi connectivity index (χ0) is 28.6. The van der Waals surface area contributed by atoms with E-state index in [4.69, 9.17) is 21.1 Å². The molecule has 2 N–H and O–H groups in total. The first-order chi connectivity index (χ1) is 19.3. The molecule has 2 aromatic carbocycles. The maximum atomic E-state index is 15.0. The summed E-state index contributed by atoms with van der Waals surface area (Å²) in [6.07, 6.45) is 2.29. The Kier molecular flexibility index (Phi) is 10.2. The molecule has 0 spiro atoms. The molecule has 1 fully saturated rings. The Bertz CT molecular complexity index is 1320. The van der Waals surface area contributed by atoms with Crippen molar-refractivity contribution < 1.29 is 23.8 Å². The Labute approximate surface area is 239 Å². The number of hydrogen-bond acceptors (Lipinski definition) is 8. The number of piperazine rings is 1. The number of halogens is 2. The molecule has 11 heteroatoms. The van der Waals surface area contributed by atoms with Gasteiger partial charge in [0.2, 0.25) is 12.3 Å². The highest BCUT2D eigenvalue weighted by Crippen LogP contribution is 2.42. The number of hydrogen-bond donors (Lipinski definition) is 2. The lowest BCUT2D eigenvalue weighted by atomic mass is 9.97. The smallest absolute Gasteiger partial charge is 0.237 e. The first kappa shape index (κ1) is 29.5. The molecule has 1 aromatic heterocycles. The zero-order valence-corrected chi connectivity index (χ0v) is 23.7. The monoisotopic (exact) mass is 571 g/mol. The van der Waals surface area contributed by atoms with Crippen molar-refractivity contribution in [3.05, 3.63) is 53.4 Å². The highest BCUT2D eigenvalue weighted by atomic mass is 35.5. The quantitative estimate of drug-likeness (QED) is 0.250. The Morgan fingerprint density at radius 1 is 1.10 bits per heavy atom. The molecule has 2 heterocycles. The Morgan fingerprint density at radius 3 is 2.48 bits per heavy atom. The van der Waals surface area contributed by atoms with Crippen LogP contribution >= 0.6 is 11.6 Å². The normalized spacial score (nSPS) is 13.5. The minimum atomic E-state index is -0.521. The largest absolute Gasteiger partial charge is 0.507 e. The van der Waals surface area contributed by atoms with Crippen molar-refractivity contribution in [1.82, 2.24) is 15.2 Å². The van der Waals surface area contributed by atoms with Crippen LogP contribution in [0, 0.1) is 5.82 Å². The maximum Gasteiger partial charge on any atom is 0.237 e. The molecule has 40 heavy (non-hydrogen) atoms. The molecule has 1 amide bonds. The summed E-state index contributed by atoms with van der Waals surface area (Å²) < 4.78 is 25.9. The molecule has 0 bridgehead atoms. The second kappa shape index (κ2) is 13.8. The van der Waals surface area contributed by atoms with Gasteiger partial charge < -0.3 is 34.6 Å². The number of carbonyl (C=O) groups is 1. The third-order valence-electron chi connectivity index (χ3n) is 6.69. The predicted octanol–water partition coefficient (Wildman–Crippen LogP) is 3.87. The SMILES string of the molecule is COCCOc1ncc(-c2cc(F)cc(-c3ccc(N(C=O)CCN(C)C)c(Cl)c3)c2O)cc1N1CCNCC1. The lowest BCUT2D eigenvalue weighted by Gasteiger charge is -2.30. The summed E-state index contributed by atoms with van der Waals surface area (Å²) in [6, 6.07) is 9.44. The van der Waals surface area contributed by atoms with E-state index in [1.54, 1.807) is 31.5 Å². The minimum absolute atomic E-state index is 0.105. The Hall–Kier alpha value is -3.44. The van der Waals surface area contributed by atoms with Crippen LogP contribution in [0.1, 0.15) is 0 Å². The number of phenols is 1. The number of carbonyl (C=O) groups excluding carboxylic acids is 1. The zero-order valence-electron chi connectivity index (χ0n) is 23.0. The average Bonchev–Trinajstić information content (AvgIpc) is 2.95. The summed E-state index contributed by atoms with van der Waals surface area (Å²) in [5, 5.41) is 15.0. The number of nitrogens with zero attached hydrogens (tertiary/aromatic N) is 4. The second-order valence-corrected chi connectivity index (χ2v) is 10.2. The van der Waals surface area contributed by atoms with Crippen LogP contribution in [-0.4, -0.2) is 95.1 Å². The lowest BCUT2D eigenvalue weighted by molar-refractivity contribution is -0.107. The first-order valence-electron chi connectivity index (χ1n) is 13.1. The molecular formula is C29H35ClFN5O4. The minimum Gasteiger partial charge on any atom is -0.507 e. The number of likely N-dealkylation sites (N-methyl/N-ethyl adjacent to an activating group) is 1. The van der Waals surface area contributed by atoms with E-state index in [2.05, 4.69) is 15.2 Å². The van der Waals surface area contributed by atoms with Crippen LogP contribution in [0.25, 0.3) is 22.3 Å². The highest BCUT2D eigenvalue weighted by molar-refractivity contribution is 6.34. The van der Waals surface area contributed by atoms with E-state index in [0.29, 0.717) is 59.6 Å². The van der Waals surface area contributed by atoms with E-state index in [-0.39, 0.29) is 11.3 Å². The fourth-order valence-electron chi connectivity index (χ4n) is 4.54. The summed E-state index contributed by atoms with van der Waals surface area (Å²) in [4.78, 5) is 21.9. The molecule has 0 radical (unpaired) electrons. The molecule has 9 nitrogen and oxygen atoms in total. The summed E-state index contributed by atoms with van der Waals surface area (Å²) in [5.74, 6) is -0.172. The number of benzene rings is 2. The maximum absolute atomic E-state index is 15.0. The van der Waals surface area contributed by atoms with Gasteiger partial charge in [-0.05, 0) is 50.0 Å². The van der Waals surface area contributed by atoms with Crippen LogP contribution < -0.4 is 19.9 Å². The molecule has 0 atom stereocenters. The van der Waals surface area contributed by atoms with Crippen LogP contribution in [0.5, 0.6) is 11.6 Å².